The van der Waals surface area contributed by atoms with E-state index < -0.39 is 8.32 Å². The molecule has 0 aliphatic heterocycles. The van der Waals surface area contributed by atoms with Gasteiger partial charge in [0.25, 0.3) is 0 Å². The van der Waals surface area contributed by atoms with Crippen LogP contribution in [0.1, 0.15) is 47.0 Å². The molecule has 110 valence electrons. The fourth-order valence-corrected chi connectivity index (χ4v) is 5.84. The first kappa shape index (κ1) is 16.6. The number of rotatable bonds is 10. The zero-order chi connectivity index (χ0) is 14.5. The van der Waals surface area contributed by atoms with Crippen molar-refractivity contribution < 1.29 is 9.22 Å². The molecule has 0 spiro atoms. The van der Waals surface area contributed by atoms with Crippen molar-refractivity contribution in [1.82, 2.24) is 0 Å². The van der Waals surface area contributed by atoms with E-state index >= 15 is 0 Å². The molecular weight excluding hydrogens is 252 g/mol. The summed E-state index contributed by atoms with van der Waals surface area (Å²) in [5, 5.41) is 0. The lowest BCUT2D eigenvalue weighted by atomic mass is 10.1. The highest BCUT2D eigenvalue weighted by Crippen LogP contribution is 2.44. The summed E-state index contributed by atoms with van der Waals surface area (Å²) in [6.45, 7) is 12.7. The van der Waals surface area contributed by atoms with E-state index in [4.69, 9.17) is 4.43 Å². The normalized spacial score (nSPS) is 24.0. The average Bonchev–Trinajstić information content (AvgIpc) is 3.12. The quantitative estimate of drug-likeness (QED) is 0.433. The first-order valence-electron chi connectivity index (χ1n) is 7.82. The number of carbonyl (C=O) groups is 1. The molecule has 3 atom stereocenters. The second-order valence-electron chi connectivity index (χ2n) is 6.01. The van der Waals surface area contributed by atoms with Crippen LogP contribution in [0.15, 0.2) is 12.7 Å². The molecule has 1 fully saturated rings. The van der Waals surface area contributed by atoms with Crippen LogP contribution in [0.25, 0.3) is 0 Å². The lowest BCUT2D eigenvalue weighted by Crippen LogP contribution is -2.41. The standard InChI is InChI=1S/C16H30O2Si/c1-6-10-14(17)12-16(15-11-13(15)5)18-19(7-2,8-3)9-4/h6,13,15-16H,1,7-12H2,2-5H3/t13-,15-,16-/m1/s1. The summed E-state index contributed by atoms with van der Waals surface area (Å²) < 4.78 is 6.58. The highest BCUT2D eigenvalue weighted by Gasteiger charge is 2.44. The fourth-order valence-electron chi connectivity index (χ4n) is 2.94. The highest BCUT2D eigenvalue weighted by atomic mass is 28.4. The van der Waals surface area contributed by atoms with Gasteiger partial charge in [0.1, 0.15) is 5.78 Å². The third-order valence-corrected chi connectivity index (χ3v) is 9.45. The van der Waals surface area contributed by atoms with Gasteiger partial charge in [0.2, 0.25) is 0 Å². The maximum Gasteiger partial charge on any atom is 0.192 e. The molecule has 19 heavy (non-hydrogen) atoms. The van der Waals surface area contributed by atoms with Gasteiger partial charge < -0.3 is 4.43 Å². The van der Waals surface area contributed by atoms with Crippen molar-refractivity contribution in [2.24, 2.45) is 11.8 Å². The lowest BCUT2D eigenvalue weighted by molar-refractivity contribution is -0.120. The molecule has 1 saturated carbocycles. The number of ketones is 1. The second kappa shape index (κ2) is 7.39. The maximum atomic E-state index is 11.9. The Bertz CT molecular complexity index is 302. The average molecular weight is 282 g/mol. The minimum atomic E-state index is -1.60. The summed E-state index contributed by atoms with van der Waals surface area (Å²) in [4.78, 5) is 11.9. The Morgan fingerprint density at radius 1 is 1.37 bits per heavy atom. The molecule has 1 rings (SSSR count). The van der Waals surface area contributed by atoms with E-state index in [0.717, 1.165) is 24.1 Å². The molecule has 0 aromatic heterocycles. The molecule has 0 saturated heterocycles. The van der Waals surface area contributed by atoms with Gasteiger partial charge >= 0.3 is 0 Å². The van der Waals surface area contributed by atoms with Crippen molar-refractivity contribution in [2.75, 3.05) is 0 Å². The Balaban J connectivity index is 2.69. The van der Waals surface area contributed by atoms with Gasteiger partial charge in [-0.25, -0.2) is 0 Å². The van der Waals surface area contributed by atoms with E-state index in [2.05, 4.69) is 34.3 Å². The van der Waals surface area contributed by atoms with Crippen molar-refractivity contribution in [2.45, 2.75) is 71.2 Å². The Kier molecular flexibility index (Phi) is 6.47. The predicted octanol–water partition coefficient (Wildman–Crippen LogP) is 4.57. The summed E-state index contributed by atoms with van der Waals surface area (Å²) in [5.74, 6) is 1.63. The predicted molar refractivity (Wildman–Crippen MR) is 83.8 cm³/mol. The molecule has 0 N–H and O–H groups in total. The molecule has 0 aromatic carbocycles. The van der Waals surface area contributed by atoms with Crippen LogP contribution in [0.2, 0.25) is 18.1 Å². The Labute approximate surface area is 119 Å². The number of allylic oxidation sites excluding steroid dienone is 1. The summed E-state index contributed by atoms with van der Waals surface area (Å²) in [6.07, 6.45) is 4.19. The van der Waals surface area contributed by atoms with E-state index in [1.807, 2.05) is 0 Å². The topological polar surface area (TPSA) is 26.3 Å². The molecular formula is C16H30O2Si. The zero-order valence-corrected chi connectivity index (χ0v) is 14.1. The van der Waals surface area contributed by atoms with E-state index in [9.17, 15) is 4.79 Å². The van der Waals surface area contributed by atoms with Crippen molar-refractivity contribution >= 4 is 14.1 Å². The Morgan fingerprint density at radius 2 is 1.89 bits per heavy atom. The maximum absolute atomic E-state index is 11.9. The smallest absolute Gasteiger partial charge is 0.192 e. The van der Waals surface area contributed by atoms with Crippen molar-refractivity contribution in [3.63, 3.8) is 0 Å². The van der Waals surface area contributed by atoms with Gasteiger partial charge in [-0.1, -0.05) is 33.8 Å². The van der Waals surface area contributed by atoms with E-state index in [1.165, 1.54) is 6.42 Å². The summed E-state index contributed by atoms with van der Waals surface area (Å²) in [5.41, 5.74) is 0. The molecule has 0 aromatic rings. The van der Waals surface area contributed by atoms with Gasteiger partial charge in [0.15, 0.2) is 8.32 Å². The Hall–Kier alpha value is -0.413. The van der Waals surface area contributed by atoms with Gasteiger partial charge in [-0.2, -0.15) is 0 Å². The second-order valence-corrected chi connectivity index (χ2v) is 10.7. The summed E-state index contributed by atoms with van der Waals surface area (Å²) in [6, 6.07) is 3.48. The molecule has 3 heteroatoms. The van der Waals surface area contributed by atoms with Crippen LogP contribution in [0, 0.1) is 11.8 Å². The van der Waals surface area contributed by atoms with Crippen molar-refractivity contribution in [3.8, 4) is 0 Å². The van der Waals surface area contributed by atoms with Crippen LogP contribution in [-0.2, 0) is 9.22 Å². The third kappa shape index (κ3) is 4.57. The summed E-state index contributed by atoms with van der Waals surface area (Å²) >= 11 is 0. The summed E-state index contributed by atoms with van der Waals surface area (Å²) in [7, 11) is -1.60. The van der Waals surface area contributed by atoms with Gasteiger partial charge in [-0.05, 0) is 36.4 Å². The number of hydrogen-bond acceptors (Lipinski definition) is 2. The van der Waals surface area contributed by atoms with E-state index in [-0.39, 0.29) is 11.9 Å². The van der Waals surface area contributed by atoms with Crippen LogP contribution < -0.4 is 0 Å². The SMILES string of the molecule is C=CCC(=O)C[C@@H](O[Si](CC)(CC)CC)[C@@H]1C[C@H]1C. The molecule has 2 nitrogen and oxygen atoms in total. The minimum Gasteiger partial charge on any atom is -0.413 e. The van der Waals surface area contributed by atoms with Gasteiger partial charge in [0.05, 0.1) is 6.10 Å². The van der Waals surface area contributed by atoms with Crippen LogP contribution in [0.5, 0.6) is 0 Å². The van der Waals surface area contributed by atoms with Gasteiger partial charge in [0, 0.05) is 12.8 Å². The van der Waals surface area contributed by atoms with Gasteiger partial charge in [-0.3, -0.25) is 4.79 Å². The minimum absolute atomic E-state index is 0.175. The number of carbonyl (C=O) groups excluding carboxylic acids is 1. The monoisotopic (exact) mass is 282 g/mol. The first-order chi connectivity index (χ1) is 9.01. The van der Waals surface area contributed by atoms with Crippen LogP contribution in [-0.4, -0.2) is 20.2 Å². The fraction of sp³-hybridized carbons (Fsp3) is 0.812. The molecule has 0 amide bonds. The van der Waals surface area contributed by atoms with E-state index in [0.29, 0.717) is 18.8 Å². The van der Waals surface area contributed by atoms with Crippen LogP contribution >= 0.6 is 0 Å². The molecule has 1 aliphatic rings. The van der Waals surface area contributed by atoms with Crippen LogP contribution in [0.4, 0.5) is 0 Å². The molecule has 0 bridgehead atoms. The molecule has 0 unspecified atom stereocenters. The number of Topliss-reactive ketones (excluding diaryl/α,β-unsaturated/α-hetero) is 1. The first-order valence-corrected chi connectivity index (χ1v) is 10.3. The molecule has 1 aliphatic carbocycles. The lowest BCUT2D eigenvalue weighted by Gasteiger charge is -2.33. The van der Waals surface area contributed by atoms with Crippen molar-refractivity contribution in [1.29, 1.82) is 0 Å². The Morgan fingerprint density at radius 3 is 2.26 bits per heavy atom. The van der Waals surface area contributed by atoms with Crippen LogP contribution in [0.3, 0.4) is 0 Å². The van der Waals surface area contributed by atoms with Gasteiger partial charge in [-0.15, -0.1) is 6.58 Å². The zero-order valence-electron chi connectivity index (χ0n) is 13.1. The third-order valence-electron chi connectivity index (χ3n) is 4.78. The molecule has 0 radical (unpaired) electrons. The molecule has 0 heterocycles. The van der Waals surface area contributed by atoms with E-state index in [1.54, 1.807) is 6.08 Å². The van der Waals surface area contributed by atoms with Crippen molar-refractivity contribution in [3.05, 3.63) is 12.7 Å². The largest absolute Gasteiger partial charge is 0.413 e. The number of hydrogen-bond donors (Lipinski definition) is 0. The highest BCUT2D eigenvalue weighted by molar-refractivity contribution is 6.73.